The monoisotopic (exact) mass is 259 g/mol. The van der Waals surface area contributed by atoms with Crippen molar-refractivity contribution in [1.82, 2.24) is 0 Å². The quantitative estimate of drug-likeness (QED) is 0.831. The molecule has 0 heterocycles. The van der Waals surface area contributed by atoms with Crippen LogP contribution in [0, 0.1) is 23.0 Å². The molecular weight excluding hydrogens is 248 g/mol. The zero-order chi connectivity index (χ0) is 13.8. The second kappa shape index (κ2) is 5.36. The van der Waals surface area contributed by atoms with Crippen molar-refractivity contribution in [1.29, 1.82) is 5.26 Å². The second-order valence-corrected chi connectivity index (χ2v) is 4.00. The van der Waals surface area contributed by atoms with Crippen LogP contribution in [0.5, 0.6) is 0 Å². The fourth-order valence-corrected chi connectivity index (χ4v) is 1.66. The van der Waals surface area contributed by atoms with Crippen LogP contribution in [0.15, 0.2) is 36.4 Å². The highest BCUT2D eigenvalue weighted by Gasteiger charge is 2.04. The van der Waals surface area contributed by atoms with E-state index in [0.29, 0.717) is 22.6 Å². The van der Waals surface area contributed by atoms with Crippen molar-refractivity contribution in [3.05, 3.63) is 53.6 Å². The molecule has 0 amide bonds. The molecule has 2 rings (SSSR count). The number of anilines is 3. The van der Waals surface area contributed by atoms with Gasteiger partial charge in [-0.25, -0.2) is 8.78 Å². The van der Waals surface area contributed by atoms with Crippen molar-refractivity contribution < 1.29 is 8.78 Å². The van der Waals surface area contributed by atoms with E-state index in [1.54, 1.807) is 18.2 Å². The molecule has 0 aromatic heterocycles. The van der Waals surface area contributed by atoms with E-state index >= 15 is 0 Å². The standard InChI is InChI=1S/C14H11F2N3/c15-12-3-1-11(8-13(12)16)19-10-2-4-14(18)9(7-10)5-6-17/h1-4,7-8,19H,5,18H2. The van der Waals surface area contributed by atoms with Crippen molar-refractivity contribution in [3.8, 4) is 6.07 Å². The molecule has 0 aliphatic rings. The average Bonchev–Trinajstić information content (AvgIpc) is 2.38. The van der Waals surface area contributed by atoms with Crippen molar-refractivity contribution in [2.45, 2.75) is 6.42 Å². The summed E-state index contributed by atoms with van der Waals surface area (Å²) in [4.78, 5) is 0. The first-order valence-electron chi connectivity index (χ1n) is 5.57. The van der Waals surface area contributed by atoms with Gasteiger partial charge in [-0.1, -0.05) is 0 Å². The first-order valence-corrected chi connectivity index (χ1v) is 5.57. The number of rotatable bonds is 3. The Morgan fingerprint density at radius 1 is 1.05 bits per heavy atom. The molecule has 3 N–H and O–H groups in total. The highest BCUT2D eigenvalue weighted by Crippen LogP contribution is 2.23. The average molecular weight is 259 g/mol. The molecule has 2 aromatic rings. The topological polar surface area (TPSA) is 61.8 Å². The van der Waals surface area contributed by atoms with Crippen LogP contribution < -0.4 is 11.1 Å². The predicted octanol–water partition coefficient (Wildman–Crippen LogP) is 3.36. The third-order valence-corrected chi connectivity index (χ3v) is 2.62. The number of nitrogen functional groups attached to an aromatic ring is 1. The van der Waals surface area contributed by atoms with Gasteiger partial charge in [-0.05, 0) is 35.9 Å². The first-order chi connectivity index (χ1) is 9.10. The van der Waals surface area contributed by atoms with Crippen LogP contribution in [0.3, 0.4) is 0 Å². The molecule has 5 heteroatoms. The molecule has 0 saturated carbocycles. The lowest BCUT2D eigenvalue weighted by Gasteiger charge is -2.09. The molecular formula is C14H11F2N3. The molecule has 0 spiro atoms. The lowest BCUT2D eigenvalue weighted by atomic mass is 10.1. The van der Waals surface area contributed by atoms with Crippen LogP contribution in [0.25, 0.3) is 0 Å². The van der Waals surface area contributed by atoms with E-state index in [-0.39, 0.29) is 6.42 Å². The minimum Gasteiger partial charge on any atom is -0.398 e. The van der Waals surface area contributed by atoms with E-state index in [2.05, 4.69) is 5.32 Å². The van der Waals surface area contributed by atoms with Gasteiger partial charge < -0.3 is 11.1 Å². The molecule has 0 aliphatic carbocycles. The van der Waals surface area contributed by atoms with E-state index < -0.39 is 11.6 Å². The summed E-state index contributed by atoms with van der Waals surface area (Å²) in [6.07, 6.45) is 0.194. The Morgan fingerprint density at radius 3 is 2.42 bits per heavy atom. The summed E-state index contributed by atoms with van der Waals surface area (Å²) in [5, 5.41) is 11.6. The zero-order valence-electron chi connectivity index (χ0n) is 9.95. The van der Waals surface area contributed by atoms with Crippen LogP contribution >= 0.6 is 0 Å². The Labute approximate surface area is 109 Å². The number of hydrogen-bond acceptors (Lipinski definition) is 3. The van der Waals surface area contributed by atoms with Gasteiger partial charge in [0.25, 0.3) is 0 Å². The molecule has 96 valence electrons. The Balaban J connectivity index is 2.25. The van der Waals surface area contributed by atoms with Gasteiger partial charge in [-0.2, -0.15) is 5.26 Å². The van der Waals surface area contributed by atoms with Crippen LogP contribution in [0.4, 0.5) is 25.8 Å². The molecule has 19 heavy (non-hydrogen) atoms. The van der Waals surface area contributed by atoms with E-state index in [9.17, 15) is 8.78 Å². The number of nitrogens with two attached hydrogens (primary N) is 1. The molecule has 3 nitrogen and oxygen atoms in total. The number of hydrogen-bond donors (Lipinski definition) is 2. The SMILES string of the molecule is N#CCc1cc(Nc2ccc(F)c(F)c2)ccc1N. The zero-order valence-corrected chi connectivity index (χ0v) is 9.95. The molecule has 2 aromatic carbocycles. The third-order valence-electron chi connectivity index (χ3n) is 2.62. The third kappa shape index (κ3) is 2.99. The highest BCUT2D eigenvalue weighted by atomic mass is 19.2. The van der Waals surface area contributed by atoms with E-state index in [4.69, 9.17) is 11.0 Å². The number of benzene rings is 2. The van der Waals surface area contributed by atoms with Crippen molar-refractivity contribution in [2.75, 3.05) is 11.1 Å². The van der Waals surface area contributed by atoms with Gasteiger partial charge in [0, 0.05) is 23.1 Å². The molecule has 0 aliphatic heterocycles. The lowest BCUT2D eigenvalue weighted by molar-refractivity contribution is 0.509. The smallest absolute Gasteiger partial charge is 0.160 e. The lowest BCUT2D eigenvalue weighted by Crippen LogP contribution is -1.97. The molecule has 0 radical (unpaired) electrons. The molecule has 0 bridgehead atoms. The minimum absolute atomic E-state index is 0.194. The van der Waals surface area contributed by atoms with Crippen molar-refractivity contribution in [2.24, 2.45) is 0 Å². The van der Waals surface area contributed by atoms with Crippen LogP contribution in [0.2, 0.25) is 0 Å². The maximum Gasteiger partial charge on any atom is 0.160 e. The van der Waals surface area contributed by atoms with Gasteiger partial charge in [0.15, 0.2) is 11.6 Å². The number of nitrogens with one attached hydrogen (secondary N) is 1. The van der Waals surface area contributed by atoms with Gasteiger partial charge >= 0.3 is 0 Å². The largest absolute Gasteiger partial charge is 0.398 e. The number of halogens is 2. The summed E-state index contributed by atoms with van der Waals surface area (Å²) in [6, 6.07) is 10.6. The van der Waals surface area contributed by atoms with Gasteiger partial charge in [0.1, 0.15) is 0 Å². The van der Waals surface area contributed by atoms with Gasteiger partial charge in [-0.15, -0.1) is 0 Å². The maximum atomic E-state index is 13.1. The van der Waals surface area contributed by atoms with Crippen LogP contribution in [0.1, 0.15) is 5.56 Å². The van der Waals surface area contributed by atoms with Crippen molar-refractivity contribution >= 4 is 17.1 Å². The number of nitriles is 1. The predicted molar refractivity (Wildman–Crippen MR) is 69.8 cm³/mol. The Kier molecular flexibility index (Phi) is 3.62. The van der Waals surface area contributed by atoms with E-state index in [0.717, 1.165) is 12.1 Å². The molecule has 0 saturated heterocycles. The molecule has 0 fully saturated rings. The summed E-state index contributed by atoms with van der Waals surface area (Å²) in [7, 11) is 0. The fraction of sp³-hybridized carbons (Fsp3) is 0.0714. The maximum absolute atomic E-state index is 13.1. The van der Waals surface area contributed by atoms with E-state index in [1.807, 2.05) is 6.07 Å². The summed E-state index contributed by atoms with van der Waals surface area (Å²) in [5.41, 5.74) is 8.02. The number of nitrogens with zero attached hydrogens (tertiary/aromatic N) is 1. The Morgan fingerprint density at radius 2 is 1.74 bits per heavy atom. The summed E-state index contributed by atoms with van der Waals surface area (Å²) >= 11 is 0. The summed E-state index contributed by atoms with van der Waals surface area (Å²) in [6.45, 7) is 0. The van der Waals surface area contributed by atoms with Gasteiger partial charge in [-0.3, -0.25) is 0 Å². The van der Waals surface area contributed by atoms with E-state index in [1.165, 1.54) is 6.07 Å². The molecule has 0 atom stereocenters. The van der Waals surface area contributed by atoms with Crippen LogP contribution in [-0.2, 0) is 6.42 Å². The van der Waals surface area contributed by atoms with Crippen LogP contribution in [-0.4, -0.2) is 0 Å². The summed E-state index contributed by atoms with van der Waals surface area (Å²) < 4.78 is 25.9. The van der Waals surface area contributed by atoms with Crippen molar-refractivity contribution in [3.63, 3.8) is 0 Å². The summed E-state index contributed by atoms with van der Waals surface area (Å²) in [5.74, 6) is -1.81. The highest BCUT2D eigenvalue weighted by molar-refractivity contribution is 5.64. The van der Waals surface area contributed by atoms with Gasteiger partial charge in [0.2, 0.25) is 0 Å². The second-order valence-electron chi connectivity index (χ2n) is 4.00. The Bertz CT molecular complexity index is 648. The van der Waals surface area contributed by atoms with Gasteiger partial charge in [0.05, 0.1) is 12.5 Å². The molecule has 0 unspecified atom stereocenters. The first kappa shape index (κ1) is 12.8. The Hall–Kier alpha value is -2.61. The minimum atomic E-state index is -0.919. The fourth-order valence-electron chi connectivity index (χ4n) is 1.66. The normalized spacial score (nSPS) is 9.95.